The number of carbonyl (C=O) groups is 2. The molecule has 0 bridgehead atoms. The Kier molecular flexibility index (Phi) is 4.37. The molecule has 0 aliphatic carbocycles. The highest BCUT2D eigenvalue weighted by Gasteiger charge is 2.11. The van der Waals surface area contributed by atoms with Crippen LogP contribution in [0.4, 0.5) is 16.3 Å². The summed E-state index contributed by atoms with van der Waals surface area (Å²) < 4.78 is 0. The van der Waals surface area contributed by atoms with Crippen LogP contribution in [0.1, 0.15) is 35.5 Å². The number of benzene rings is 1. The van der Waals surface area contributed by atoms with Crippen LogP contribution in [-0.4, -0.2) is 22.0 Å². The molecular weight excluding hydrogens is 268 g/mol. The minimum absolute atomic E-state index is 0.0465. The van der Waals surface area contributed by atoms with Crippen molar-refractivity contribution >= 4 is 23.3 Å². The van der Waals surface area contributed by atoms with E-state index in [0.29, 0.717) is 17.1 Å². The first kappa shape index (κ1) is 14.8. The van der Waals surface area contributed by atoms with Crippen LogP contribution < -0.4 is 10.6 Å². The average molecular weight is 286 g/mol. The molecule has 0 saturated carbocycles. The van der Waals surface area contributed by atoms with Gasteiger partial charge in [-0.25, -0.2) is 4.79 Å². The Bertz CT molecular complexity index is 676. The van der Waals surface area contributed by atoms with Crippen molar-refractivity contribution in [2.75, 3.05) is 10.6 Å². The third-order valence-corrected chi connectivity index (χ3v) is 3.22. The zero-order valence-corrected chi connectivity index (χ0v) is 12.3. The number of urea groups is 1. The number of ketones is 1. The quantitative estimate of drug-likeness (QED) is 0.755. The summed E-state index contributed by atoms with van der Waals surface area (Å²) in [6.07, 6.45) is 0.822. The van der Waals surface area contributed by atoms with Crippen molar-refractivity contribution in [2.24, 2.45) is 0 Å². The van der Waals surface area contributed by atoms with E-state index in [1.165, 1.54) is 6.92 Å². The normalized spacial score (nSPS) is 10.2. The number of H-pyrrole nitrogens is 1. The van der Waals surface area contributed by atoms with Crippen molar-refractivity contribution in [1.29, 1.82) is 0 Å². The molecule has 0 spiro atoms. The number of nitrogens with one attached hydrogen (secondary N) is 3. The molecule has 110 valence electrons. The first-order chi connectivity index (χ1) is 10.0. The summed E-state index contributed by atoms with van der Waals surface area (Å²) in [6.45, 7) is 5.39. The molecule has 3 N–H and O–H groups in total. The van der Waals surface area contributed by atoms with Gasteiger partial charge in [-0.1, -0.05) is 19.1 Å². The van der Waals surface area contributed by atoms with Gasteiger partial charge in [0.05, 0.1) is 0 Å². The van der Waals surface area contributed by atoms with E-state index in [1.807, 2.05) is 13.8 Å². The van der Waals surface area contributed by atoms with Crippen molar-refractivity contribution in [3.63, 3.8) is 0 Å². The lowest BCUT2D eigenvalue weighted by molar-refractivity contribution is 0.101. The van der Waals surface area contributed by atoms with Gasteiger partial charge in [0.1, 0.15) is 0 Å². The highest BCUT2D eigenvalue weighted by Crippen LogP contribution is 2.16. The van der Waals surface area contributed by atoms with Crippen LogP contribution in [0.3, 0.4) is 0 Å². The van der Waals surface area contributed by atoms with Crippen LogP contribution in [0.5, 0.6) is 0 Å². The number of Topliss-reactive ketones (excluding diaryl/α,β-unsaturated/α-hetero) is 1. The Morgan fingerprint density at radius 3 is 2.67 bits per heavy atom. The summed E-state index contributed by atoms with van der Waals surface area (Å²) in [5, 5.41) is 12.3. The number of aromatic amines is 1. The summed E-state index contributed by atoms with van der Waals surface area (Å²) >= 11 is 0. The van der Waals surface area contributed by atoms with Gasteiger partial charge in [-0.2, -0.15) is 5.10 Å². The Hall–Kier alpha value is -2.63. The molecule has 1 aromatic carbocycles. The topological polar surface area (TPSA) is 86.9 Å². The summed E-state index contributed by atoms with van der Waals surface area (Å²) in [5.74, 6) is 0.460. The lowest BCUT2D eigenvalue weighted by Crippen LogP contribution is -2.20. The third-order valence-electron chi connectivity index (χ3n) is 3.22. The Morgan fingerprint density at radius 1 is 1.29 bits per heavy atom. The number of rotatable bonds is 4. The predicted molar refractivity (Wildman–Crippen MR) is 81.8 cm³/mol. The molecule has 6 heteroatoms. The maximum atomic E-state index is 12.0. The fraction of sp³-hybridized carbons (Fsp3) is 0.267. The van der Waals surface area contributed by atoms with Gasteiger partial charge >= 0.3 is 6.03 Å². The maximum Gasteiger partial charge on any atom is 0.324 e. The lowest BCUT2D eigenvalue weighted by atomic mass is 10.1. The number of anilines is 2. The summed E-state index contributed by atoms with van der Waals surface area (Å²) in [5.41, 5.74) is 3.02. The zero-order valence-electron chi connectivity index (χ0n) is 12.3. The number of hydrogen-bond acceptors (Lipinski definition) is 3. The van der Waals surface area contributed by atoms with Gasteiger partial charge in [0, 0.05) is 22.5 Å². The second-order valence-corrected chi connectivity index (χ2v) is 4.75. The molecule has 0 radical (unpaired) electrons. The van der Waals surface area contributed by atoms with Gasteiger partial charge in [-0.15, -0.1) is 0 Å². The average Bonchev–Trinajstić information content (AvgIpc) is 2.79. The molecule has 21 heavy (non-hydrogen) atoms. The van der Waals surface area contributed by atoms with Gasteiger partial charge < -0.3 is 5.32 Å². The summed E-state index contributed by atoms with van der Waals surface area (Å²) in [4.78, 5) is 23.3. The van der Waals surface area contributed by atoms with Crippen molar-refractivity contribution in [3.8, 4) is 0 Å². The second kappa shape index (κ2) is 6.21. The van der Waals surface area contributed by atoms with E-state index in [-0.39, 0.29) is 5.78 Å². The van der Waals surface area contributed by atoms with E-state index in [4.69, 9.17) is 0 Å². The van der Waals surface area contributed by atoms with E-state index in [2.05, 4.69) is 20.8 Å². The molecule has 0 aliphatic heterocycles. The first-order valence-corrected chi connectivity index (χ1v) is 6.74. The van der Waals surface area contributed by atoms with E-state index in [1.54, 1.807) is 24.3 Å². The number of hydrogen-bond donors (Lipinski definition) is 3. The van der Waals surface area contributed by atoms with Crippen LogP contribution in [-0.2, 0) is 6.42 Å². The van der Waals surface area contributed by atoms with Crippen LogP contribution >= 0.6 is 0 Å². The van der Waals surface area contributed by atoms with Gasteiger partial charge in [0.15, 0.2) is 11.6 Å². The highest BCUT2D eigenvalue weighted by molar-refractivity contribution is 6.01. The zero-order chi connectivity index (χ0) is 15.4. The number of aromatic nitrogens is 2. The molecule has 0 aliphatic rings. The molecule has 1 heterocycles. The number of carbonyl (C=O) groups excluding carboxylic acids is 2. The maximum absolute atomic E-state index is 12.0. The van der Waals surface area contributed by atoms with Crippen molar-refractivity contribution < 1.29 is 9.59 Å². The molecular formula is C15H18N4O2. The molecule has 2 amide bonds. The summed E-state index contributed by atoms with van der Waals surface area (Å²) in [7, 11) is 0. The number of aryl methyl sites for hydroxylation is 1. The molecule has 0 atom stereocenters. The number of nitrogens with zero attached hydrogens (tertiary/aromatic N) is 1. The standard InChI is InChI=1S/C15H18N4O2/c1-4-13-9(2)14(19-18-13)17-15(21)16-12-7-5-6-11(8-12)10(3)20/h5-8H,4H2,1-3H3,(H3,16,17,18,19,21). The Morgan fingerprint density at radius 2 is 2.05 bits per heavy atom. The summed E-state index contributed by atoms with van der Waals surface area (Å²) in [6, 6.07) is 6.39. The second-order valence-electron chi connectivity index (χ2n) is 4.75. The van der Waals surface area contributed by atoms with Gasteiger partial charge in [-0.3, -0.25) is 15.2 Å². The largest absolute Gasteiger partial charge is 0.324 e. The Labute approximate surface area is 122 Å². The molecule has 0 fully saturated rings. The van der Waals surface area contributed by atoms with Gasteiger partial charge in [0.25, 0.3) is 0 Å². The highest BCUT2D eigenvalue weighted by atomic mass is 16.2. The molecule has 1 aromatic heterocycles. The lowest BCUT2D eigenvalue weighted by Gasteiger charge is -2.07. The van der Waals surface area contributed by atoms with Crippen LogP contribution in [0.15, 0.2) is 24.3 Å². The smallest absolute Gasteiger partial charge is 0.308 e. The monoisotopic (exact) mass is 286 g/mol. The van der Waals surface area contributed by atoms with Crippen molar-refractivity contribution in [2.45, 2.75) is 27.2 Å². The van der Waals surface area contributed by atoms with Crippen LogP contribution in [0.2, 0.25) is 0 Å². The van der Waals surface area contributed by atoms with Gasteiger partial charge in [0.2, 0.25) is 0 Å². The third kappa shape index (κ3) is 3.47. The number of amides is 2. The Balaban J connectivity index is 2.06. The van der Waals surface area contributed by atoms with Gasteiger partial charge in [-0.05, 0) is 32.4 Å². The first-order valence-electron chi connectivity index (χ1n) is 6.74. The molecule has 2 rings (SSSR count). The predicted octanol–water partition coefficient (Wildman–Crippen LogP) is 3.13. The van der Waals surface area contributed by atoms with E-state index in [0.717, 1.165) is 17.7 Å². The van der Waals surface area contributed by atoms with E-state index < -0.39 is 6.03 Å². The molecule has 0 saturated heterocycles. The van der Waals surface area contributed by atoms with Crippen LogP contribution in [0, 0.1) is 6.92 Å². The minimum Gasteiger partial charge on any atom is -0.308 e. The van der Waals surface area contributed by atoms with Crippen molar-refractivity contribution in [3.05, 3.63) is 41.1 Å². The van der Waals surface area contributed by atoms with E-state index in [9.17, 15) is 9.59 Å². The molecule has 0 unspecified atom stereocenters. The van der Waals surface area contributed by atoms with Crippen molar-refractivity contribution in [1.82, 2.24) is 10.2 Å². The van der Waals surface area contributed by atoms with E-state index >= 15 is 0 Å². The minimum atomic E-state index is -0.395. The molecule has 6 nitrogen and oxygen atoms in total. The fourth-order valence-corrected chi connectivity index (χ4v) is 1.99. The molecule has 2 aromatic rings. The van der Waals surface area contributed by atoms with Crippen LogP contribution in [0.25, 0.3) is 0 Å². The fourth-order valence-electron chi connectivity index (χ4n) is 1.99. The SMILES string of the molecule is CCc1[nH]nc(NC(=O)Nc2cccc(C(C)=O)c2)c1C.